The fourth-order valence-corrected chi connectivity index (χ4v) is 3.06. The molecule has 4 nitrogen and oxygen atoms in total. The van der Waals surface area contributed by atoms with Crippen molar-refractivity contribution in [3.05, 3.63) is 18.0 Å². The maximum absolute atomic E-state index is 10.6. The Morgan fingerprint density at radius 1 is 1.67 bits per heavy atom. The van der Waals surface area contributed by atoms with Gasteiger partial charge < -0.3 is 5.11 Å². The first-order chi connectivity index (χ1) is 8.66. The molecular formula is C14H21N3O. The largest absolute Gasteiger partial charge is 0.385 e. The van der Waals surface area contributed by atoms with E-state index >= 15 is 0 Å². The SMILES string of the molecule is CCC1CCC(C#N)(C(O)c2ccnn2CC)C1. The zero-order valence-electron chi connectivity index (χ0n) is 11.1. The Bertz CT molecular complexity index is 448. The molecule has 1 aromatic heterocycles. The van der Waals surface area contributed by atoms with E-state index in [0.717, 1.165) is 37.9 Å². The predicted octanol–water partition coefficient (Wildman–Crippen LogP) is 2.66. The number of aliphatic hydroxyl groups excluding tert-OH is 1. The van der Waals surface area contributed by atoms with Crippen LogP contribution in [0.25, 0.3) is 0 Å². The van der Waals surface area contributed by atoms with Crippen LogP contribution >= 0.6 is 0 Å². The molecule has 0 aliphatic heterocycles. The zero-order valence-corrected chi connectivity index (χ0v) is 11.1. The summed E-state index contributed by atoms with van der Waals surface area (Å²) in [7, 11) is 0. The van der Waals surface area contributed by atoms with Crippen molar-refractivity contribution in [3.63, 3.8) is 0 Å². The van der Waals surface area contributed by atoms with Gasteiger partial charge in [0.2, 0.25) is 0 Å². The standard InChI is InChI=1S/C14H21N3O/c1-3-11-5-7-14(9-11,10-15)13(18)12-6-8-16-17(12)4-2/h6,8,11,13,18H,3-5,7,9H2,1-2H3. The number of hydrogen-bond donors (Lipinski definition) is 1. The van der Waals surface area contributed by atoms with Crippen molar-refractivity contribution in [2.75, 3.05) is 0 Å². The maximum atomic E-state index is 10.6. The Kier molecular flexibility index (Phi) is 3.72. The van der Waals surface area contributed by atoms with Gasteiger partial charge in [0.25, 0.3) is 0 Å². The zero-order chi connectivity index (χ0) is 13.2. The molecule has 0 saturated heterocycles. The first-order valence-electron chi connectivity index (χ1n) is 6.78. The minimum Gasteiger partial charge on any atom is -0.385 e. The highest BCUT2D eigenvalue weighted by Crippen LogP contribution is 2.50. The highest BCUT2D eigenvalue weighted by atomic mass is 16.3. The molecule has 3 unspecified atom stereocenters. The molecule has 1 aliphatic rings. The molecule has 0 spiro atoms. The van der Waals surface area contributed by atoms with Crippen LogP contribution in [0.2, 0.25) is 0 Å². The smallest absolute Gasteiger partial charge is 0.114 e. The Balaban J connectivity index is 2.27. The van der Waals surface area contributed by atoms with Gasteiger partial charge in [0.05, 0.1) is 17.2 Å². The van der Waals surface area contributed by atoms with Crippen molar-refractivity contribution in [2.45, 2.75) is 52.2 Å². The second kappa shape index (κ2) is 5.11. The molecule has 0 bridgehead atoms. The quantitative estimate of drug-likeness (QED) is 0.889. The van der Waals surface area contributed by atoms with Gasteiger partial charge in [-0.3, -0.25) is 4.68 Å². The fraction of sp³-hybridized carbons (Fsp3) is 0.714. The van der Waals surface area contributed by atoms with E-state index in [0.29, 0.717) is 5.92 Å². The van der Waals surface area contributed by atoms with E-state index < -0.39 is 11.5 Å². The van der Waals surface area contributed by atoms with Crippen LogP contribution in [0.3, 0.4) is 0 Å². The van der Waals surface area contributed by atoms with Crippen LogP contribution in [-0.4, -0.2) is 14.9 Å². The van der Waals surface area contributed by atoms with Gasteiger partial charge in [-0.1, -0.05) is 13.3 Å². The minimum atomic E-state index is -0.721. The Labute approximate surface area is 108 Å². The predicted molar refractivity (Wildman–Crippen MR) is 68.5 cm³/mol. The van der Waals surface area contributed by atoms with Gasteiger partial charge in [0.1, 0.15) is 6.10 Å². The normalized spacial score (nSPS) is 29.1. The molecule has 0 aromatic carbocycles. The molecule has 1 saturated carbocycles. The molecule has 3 atom stereocenters. The lowest BCUT2D eigenvalue weighted by Gasteiger charge is -2.27. The third kappa shape index (κ3) is 2.04. The van der Waals surface area contributed by atoms with E-state index in [4.69, 9.17) is 0 Å². The van der Waals surface area contributed by atoms with E-state index in [-0.39, 0.29) is 0 Å². The molecule has 0 amide bonds. The van der Waals surface area contributed by atoms with E-state index in [1.54, 1.807) is 10.9 Å². The third-order valence-corrected chi connectivity index (χ3v) is 4.30. The molecule has 1 aliphatic carbocycles. The number of nitriles is 1. The second-order valence-corrected chi connectivity index (χ2v) is 5.26. The number of nitrogens with zero attached hydrogens (tertiary/aromatic N) is 3. The number of aryl methyl sites for hydroxylation is 1. The molecular weight excluding hydrogens is 226 g/mol. The van der Waals surface area contributed by atoms with Crippen molar-refractivity contribution in [1.82, 2.24) is 9.78 Å². The first kappa shape index (κ1) is 13.1. The lowest BCUT2D eigenvalue weighted by atomic mass is 9.79. The van der Waals surface area contributed by atoms with Crippen LogP contribution in [0.4, 0.5) is 0 Å². The van der Waals surface area contributed by atoms with Gasteiger partial charge in [0, 0.05) is 12.7 Å². The third-order valence-electron chi connectivity index (χ3n) is 4.30. The maximum Gasteiger partial charge on any atom is 0.114 e. The monoisotopic (exact) mass is 247 g/mol. The topological polar surface area (TPSA) is 61.8 Å². The van der Waals surface area contributed by atoms with Crippen LogP contribution in [0.5, 0.6) is 0 Å². The van der Waals surface area contributed by atoms with Gasteiger partial charge in [-0.15, -0.1) is 0 Å². The highest BCUT2D eigenvalue weighted by Gasteiger charge is 2.46. The Morgan fingerprint density at radius 3 is 3.00 bits per heavy atom. The lowest BCUT2D eigenvalue weighted by molar-refractivity contribution is 0.0562. The Hall–Kier alpha value is -1.34. The van der Waals surface area contributed by atoms with Crippen LogP contribution in [-0.2, 0) is 6.54 Å². The van der Waals surface area contributed by atoms with Crippen molar-refractivity contribution < 1.29 is 5.11 Å². The van der Waals surface area contributed by atoms with Crippen LogP contribution in [0.15, 0.2) is 12.3 Å². The van der Waals surface area contributed by atoms with Gasteiger partial charge in [-0.2, -0.15) is 10.4 Å². The van der Waals surface area contributed by atoms with Crippen LogP contribution < -0.4 is 0 Å². The summed E-state index contributed by atoms with van der Waals surface area (Å²) in [6.07, 6.45) is 4.69. The molecule has 1 N–H and O–H groups in total. The highest BCUT2D eigenvalue weighted by molar-refractivity contribution is 5.17. The Morgan fingerprint density at radius 2 is 2.44 bits per heavy atom. The van der Waals surface area contributed by atoms with Crippen molar-refractivity contribution >= 4 is 0 Å². The van der Waals surface area contributed by atoms with Gasteiger partial charge >= 0.3 is 0 Å². The average Bonchev–Trinajstić information content (AvgIpc) is 3.04. The van der Waals surface area contributed by atoms with Gasteiger partial charge in [-0.05, 0) is 38.2 Å². The molecule has 1 fully saturated rings. The summed E-state index contributed by atoms with van der Waals surface area (Å²) < 4.78 is 1.78. The van der Waals surface area contributed by atoms with Gasteiger partial charge in [0.15, 0.2) is 0 Å². The van der Waals surface area contributed by atoms with E-state index in [1.165, 1.54) is 0 Å². The fourth-order valence-electron chi connectivity index (χ4n) is 3.06. The average molecular weight is 247 g/mol. The summed E-state index contributed by atoms with van der Waals surface area (Å²) >= 11 is 0. The van der Waals surface area contributed by atoms with Crippen molar-refractivity contribution in [1.29, 1.82) is 5.26 Å². The van der Waals surface area contributed by atoms with Crippen LogP contribution in [0, 0.1) is 22.7 Å². The van der Waals surface area contributed by atoms with E-state index in [2.05, 4.69) is 18.1 Å². The van der Waals surface area contributed by atoms with Gasteiger partial charge in [-0.25, -0.2) is 0 Å². The molecule has 18 heavy (non-hydrogen) atoms. The van der Waals surface area contributed by atoms with Crippen molar-refractivity contribution in [3.8, 4) is 6.07 Å². The van der Waals surface area contributed by atoms with Crippen molar-refractivity contribution in [2.24, 2.45) is 11.3 Å². The summed E-state index contributed by atoms with van der Waals surface area (Å²) in [5.41, 5.74) is 0.156. The number of aromatic nitrogens is 2. The summed E-state index contributed by atoms with van der Waals surface area (Å²) in [5.74, 6) is 0.567. The first-order valence-corrected chi connectivity index (χ1v) is 6.78. The lowest BCUT2D eigenvalue weighted by Crippen LogP contribution is -2.26. The molecule has 2 rings (SSSR count). The van der Waals surface area contributed by atoms with Crippen LogP contribution in [0.1, 0.15) is 51.3 Å². The molecule has 1 heterocycles. The number of hydrogen-bond acceptors (Lipinski definition) is 3. The van der Waals surface area contributed by atoms with E-state index in [1.807, 2.05) is 13.0 Å². The molecule has 4 heteroatoms. The minimum absolute atomic E-state index is 0.567. The summed E-state index contributed by atoms with van der Waals surface area (Å²) in [4.78, 5) is 0. The molecule has 1 aromatic rings. The number of aliphatic hydroxyl groups is 1. The summed E-state index contributed by atoms with van der Waals surface area (Å²) in [6, 6.07) is 4.22. The van der Waals surface area contributed by atoms with E-state index in [9.17, 15) is 10.4 Å². The summed E-state index contributed by atoms with van der Waals surface area (Å²) in [6.45, 7) is 4.87. The molecule has 0 radical (unpaired) electrons. The second-order valence-electron chi connectivity index (χ2n) is 5.26. The molecule has 98 valence electrons. The summed E-state index contributed by atoms with van der Waals surface area (Å²) in [5, 5.41) is 24.3. The number of rotatable bonds is 4.